The number of nitrogens with zero attached hydrogens (tertiary/aromatic N) is 2. The van der Waals surface area contributed by atoms with Crippen molar-refractivity contribution in [1.29, 1.82) is 0 Å². The summed E-state index contributed by atoms with van der Waals surface area (Å²) in [6.07, 6.45) is 8.92. The molecule has 0 aromatic heterocycles. The molecule has 0 amide bonds. The van der Waals surface area contributed by atoms with E-state index in [1.807, 2.05) is 5.98 Å². The highest BCUT2D eigenvalue weighted by Gasteiger charge is 2.26. The molecular formula is C14H30B2Cl2N2. The van der Waals surface area contributed by atoms with Crippen LogP contribution in [0.4, 0.5) is 0 Å². The number of allylic oxidation sites excluding steroid dienone is 1. The van der Waals surface area contributed by atoms with Gasteiger partial charge in [0.25, 0.3) is 0 Å². The number of hydrogen-bond acceptors (Lipinski definition) is 2. The Balaban J connectivity index is 4.43. The number of hydrogen-bond donors (Lipinski definition) is 0. The quantitative estimate of drug-likeness (QED) is 0.413. The first-order chi connectivity index (χ1) is 9.40. The molecule has 0 saturated heterocycles. The second-order valence-electron chi connectivity index (χ2n) is 5.89. The summed E-state index contributed by atoms with van der Waals surface area (Å²) in [6, 6.07) is 0. The molecule has 0 radical (unpaired) electrons. The topological polar surface area (TPSA) is 6.48 Å². The Hall–Kier alpha value is 0.370. The first-order valence-electron chi connectivity index (χ1n) is 7.71. The van der Waals surface area contributed by atoms with Crippen LogP contribution in [0.3, 0.4) is 0 Å². The van der Waals surface area contributed by atoms with Gasteiger partial charge in [0.15, 0.2) is 0 Å². The maximum atomic E-state index is 5.96. The molecule has 6 heteroatoms. The van der Waals surface area contributed by atoms with Crippen LogP contribution in [0.15, 0.2) is 11.4 Å². The van der Waals surface area contributed by atoms with Gasteiger partial charge in [0.1, 0.15) is 0 Å². The molecule has 0 fully saturated rings. The van der Waals surface area contributed by atoms with E-state index in [1.165, 1.54) is 44.0 Å². The minimum atomic E-state index is -0.424. The zero-order valence-corrected chi connectivity index (χ0v) is 15.3. The zero-order valence-electron chi connectivity index (χ0n) is 13.8. The third-order valence-electron chi connectivity index (χ3n) is 3.47. The Labute approximate surface area is 136 Å². The molecule has 0 rings (SSSR count). The molecule has 0 aromatic rings. The summed E-state index contributed by atoms with van der Waals surface area (Å²) >= 11 is 11.9. The van der Waals surface area contributed by atoms with Crippen molar-refractivity contribution in [2.45, 2.75) is 51.9 Å². The molecule has 116 valence electrons. The second-order valence-corrected chi connectivity index (χ2v) is 7.06. The van der Waals surface area contributed by atoms with Crippen molar-refractivity contribution in [3.63, 3.8) is 0 Å². The first kappa shape index (κ1) is 20.4. The Morgan fingerprint density at radius 2 is 1.40 bits per heavy atom. The van der Waals surface area contributed by atoms with Gasteiger partial charge in [0.05, 0.1) is 0 Å². The first-order valence-corrected chi connectivity index (χ1v) is 8.59. The normalized spacial score (nSPS) is 12.3. The van der Waals surface area contributed by atoms with Crippen LogP contribution < -0.4 is 0 Å². The molecular weight excluding hydrogens is 289 g/mol. The number of halogens is 2. The van der Waals surface area contributed by atoms with Gasteiger partial charge in [0.2, 0.25) is 0 Å². The van der Waals surface area contributed by atoms with Crippen molar-refractivity contribution in [1.82, 2.24) is 9.62 Å². The lowest BCUT2D eigenvalue weighted by molar-refractivity contribution is 0.520. The lowest BCUT2D eigenvalue weighted by Gasteiger charge is -2.29. The monoisotopic (exact) mass is 318 g/mol. The van der Waals surface area contributed by atoms with E-state index in [0.29, 0.717) is 0 Å². The Morgan fingerprint density at radius 3 is 1.85 bits per heavy atom. The number of unbranched alkanes of at least 4 members (excludes halogenated alkanes) is 5. The van der Waals surface area contributed by atoms with Crippen LogP contribution in [0.1, 0.15) is 51.9 Å². The Morgan fingerprint density at radius 1 is 0.900 bits per heavy atom. The van der Waals surface area contributed by atoms with Gasteiger partial charge in [-0.15, -0.1) is 0 Å². The molecule has 0 aliphatic carbocycles. The summed E-state index contributed by atoms with van der Waals surface area (Å²) in [5.74, 6) is 2.00. The molecule has 20 heavy (non-hydrogen) atoms. The van der Waals surface area contributed by atoms with Gasteiger partial charge in [-0.25, -0.2) is 0 Å². The Bertz CT molecular complexity index is 264. The van der Waals surface area contributed by atoms with E-state index in [0.717, 1.165) is 6.42 Å². The predicted octanol–water partition coefficient (Wildman–Crippen LogP) is 4.32. The van der Waals surface area contributed by atoms with Crippen molar-refractivity contribution in [3.05, 3.63) is 11.4 Å². The van der Waals surface area contributed by atoms with Crippen LogP contribution in [0.25, 0.3) is 0 Å². The predicted molar refractivity (Wildman–Crippen MR) is 96.7 cm³/mol. The standard InChI is InChI=1S/C14H30B2Cl2N2/c1-6-7-8-9-10-11-12-14(13-15(17)18)16(19(2)3)20(4)5/h13H,6-12H2,1-5H3/b14-13+. The summed E-state index contributed by atoms with van der Waals surface area (Å²) in [5.41, 5.74) is 0.901. The van der Waals surface area contributed by atoms with Gasteiger partial charge < -0.3 is 9.62 Å². The fourth-order valence-electron chi connectivity index (χ4n) is 2.69. The van der Waals surface area contributed by atoms with E-state index in [2.05, 4.69) is 44.7 Å². The van der Waals surface area contributed by atoms with Crippen LogP contribution in [-0.2, 0) is 0 Å². The van der Waals surface area contributed by atoms with Gasteiger partial charge in [-0.05, 0) is 34.6 Å². The smallest absolute Gasteiger partial charge is 0.330 e. The van der Waals surface area contributed by atoms with Crippen LogP contribution in [0.2, 0.25) is 0 Å². The Kier molecular flexibility index (Phi) is 12.2. The summed E-state index contributed by atoms with van der Waals surface area (Å²) in [4.78, 5) is 4.41. The van der Waals surface area contributed by atoms with Crippen LogP contribution >= 0.6 is 22.9 Å². The van der Waals surface area contributed by atoms with Gasteiger partial charge >= 0.3 is 12.5 Å². The van der Waals surface area contributed by atoms with Gasteiger partial charge in [-0.3, -0.25) is 0 Å². The maximum absolute atomic E-state index is 5.96. The number of rotatable bonds is 11. The van der Waals surface area contributed by atoms with Crippen molar-refractivity contribution in [2.24, 2.45) is 0 Å². The molecule has 0 aromatic carbocycles. The zero-order chi connectivity index (χ0) is 15.5. The van der Waals surface area contributed by atoms with Crippen LogP contribution in [0, 0.1) is 0 Å². The summed E-state index contributed by atoms with van der Waals surface area (Å²) in [7, 11) is 8.38. The van der Waals surface area contributed by atoms with E-state index in [-0.39, 0.29) is 6.98 Å². The van der Waals surface area contributed by atoms with E-state index in [4.69, 9.17) is 22.9 Å². The van der Waals surface area contributed by atoms with E-state index in [9.17, 15) is 0 Å². The third-order valence-corrected chi connectivity index (χ3v) is 3.72. The van der Waals surface area contributed by atoms with E-state index >= 15 is 0 Å². The summed E-state index contributed by atoms with van der Waals surface area (Å²) in [5, 5.41) is 0. The molecule has 0 bridgehead atoms. The molecule has 0 spiro atoms. The molecule has 0 aliphatic rings. The van der Waals surface area contributed by atoms with Crippen LogP contribution in [-0.4, -0.2) is 50.3 Å². The lowest BCUT2D eigenvalue weighted by atomic mass is 9.61. The lowest BCUT2D eigenvalue weighted by Crippen LogP contribution is -2.47. The largest absolute Gasteiger partial charge is 0.375 e. The average Bonchev–Trinajstić information content (AvgIpc) is 2.31. The highest BCUT2D eigenvalue weighted by Crippen LogP contribution is 2.18. The highest BCUT2D eigenvalue weighted by molar-refractivity contribution is 7.36. The van der Waals surface area contributed by atoms with E-state index < -0.39 is 5.54 Å². The average molecular weight is 319 g/mol. The van der Waals surface area contributed by atoms with Gasteiger partial charge in [-0.1, -0.05) is 56.9 Å². The van der Waals surface area contributed by atoms with Crippen molar-refractivity contribution < 1.29 is 0 Å². The van der Waals surface area contributed by atoms with E-state index in [1.54, 1.807) is 0 Å². The third kappa shape index (κ3) is 9.33. The SMILES string of the molecule is CCCCCCCC/C(=C\B(Cl)Cl)B(N(C)C)N(C)C. The minimum absolute atomic E-state index is 0.269. The van der Waals surface area contributed by atoms with Crippen molar-refractivity contribution in [3.8, 4) is 0 Å². The molecule has 0 N–H and O–H groups in total. The summed E-state index contributed by atoms with van der Waals surface area (Å²) < 4.78 is 0. The molecule has 0 unspecified atom stereocenters. The fourth-order valence-corrected chi connectivity index (χ4v) is 3.02. The van der Waals surface area contributed by atoms with Gasteiger partial charge in [0, 0.05) is 0 Å². The second kappa shape index (κ2) is 12.0. The molecule has 2 nitrogen and oxygen atoms in total. The summed E-state index contributed by atoms with van der Waals surface area (Å²) in [6.45, 7) is 2.52. The van der Waals surface area contributed by atoms with Crippen LogP contribution in [0.5, 0.6) is 0 Å². The molecule has 0 heterocycles. The van der Waals surface area contributed by atoms with Gasteiger partial charge in [-0.2, -0.15) is 22.9 Å². The van der Waals surface area contributed by atoms with Crippen molar-refractivity contribution >= 4 is 35.4 Å². The minimum Gasteiger partial charge on any atom is -0.330 e. The molecule has 0 aliphatic heterocycles. The maximum Gasteiger partial charge on any atom is 0.375 e. The fraction of sp³-hybridized carbons (Fsp3) is 0.857. The molecule has 0 saturated carbocycles. The molecule has 0 atom stereocenters. The van der Waals surface area contributed by atoms with Crippen molar-refractivity contribution in [2.75, 3.05) is 28.2 Å². The highest BCUT2D eigenvalue weighted by atomic mass is 35.5.